The molecule has 298 valence electrons. The van der Waals surface area contributed by atoms with Crippen LogP contribution in [0.2, 0.25) is 5.02 Å². The van der Waals surface area contributed by atoms with E-state index in [0.717, 1.165) is 81.6 Å². The van der Waals surface area contributed by atoms with Gasteiger partial charge in [0.1, 0.15) is 17.0 Å². The van der Waals surface area contributed by atoms with Crippen LogP contribution in [0.5, 0.6) is 11.5 Å². The number of carboxylic acids is 1. The summed E-state index contributed by atoms with van der Waals surface area (Å²) >= 11 is 6.32. The van der Waals surface area contributed by atoms with E-state index in [1.54, 1.807) is 0 Å². The maximum Gasteiger partial charge on any atom is 0.329 e. The highest BCUT2D eigenvalue weighted by atomic mass is 35.5. The van der Waals surface area contributed by atoms with Crippen molar-refractivity contribution in [2.45, 2.75) is 108 Å². The maximum atomic E-state index is 13.0. The first-order chi connectivity index (χ1) is 27.1. The van der Waals surface area contributed by atoms with E-state index >= 15 is 0 Å². The zero-order chi connectivity index (χ0) is 39.1. The summed E-state index contributed by atoms with van der Waals surface area (Å²) in [6, 6.07) is 26.9. The van der Waals surface area contributed by atoms with E-state index in [9.17, 15) is 9.90 Å². The van der Waals surface area contributed by atoms with Crippen molar-refractivity contribution in [3.8, 4) is 11.5 Å². The van der Waals surface area contributed by atoms with Crippen molar-refractivity contribution in [3.63, 3.8) is 0 Å². The van der Waals surface area contributed by atoms with Crippen LogP contribution in [0.3, 0.4) is 0 Å². The minimum absolute atomic E-state index is 0.135. The molecule has 3 atom stereocenters. The van der Waals surface area contributed by atoms with Gasteiger partial charge in [-0.25, -0.2) is 4.79 Å². The van der Waals surface area contributed by atoms with Crippen molar-refractivity contribution in [1.29, 1.82) is 0 Å². The van der Waals surface area contributed by atoms with Gasteiger partial charge in [-0.15, -0.1) is 0 Å². The molecule has 1 fully saturated rings. The first kappa shape index (κ1) is 40.1. The van der Waals surface area contributed by atoms with Gasteiger partial charge in [-0.3, -0.25) is 4.98 Å². The van der Waals surface area contributed by atoms with Crippen molar-refractivity contribution in [1.82, 2.24) is 9.88 Å². The summed E-state index contributed by atoms with van der Waals surface area (Å²) in [7, 11) is 2.20. The van der Waals surface area contributed by atoms with E-state index in [-0.39, 0.29) is 5.41 Å². The zero-order valence-corrected chi connectivity index (χ0v) is 34.3. The molecule has 3 aliphatic rings. The van der Waals surface area contributed by atoms with Gasteiger partial charge < -0.3 is 24.8 Å². The summed E-state index contributed by atoms with van der Waals surface area (Å²) in [4.78, 5) is 20.1. The fourth-order valence-corrected chi connectivity index (χ4v) is 10.1. The van der Waals surface area contributed by atoms with Gasteiger partial charge in [0.2, 0.25) is 0 Å². The molecule has 3 aromatic carbocycles. The predicted octanol–water partition coefficient (Wildman–Crippen LogP) is 10.5. The standard InChI is InChI=1S/C48H60ClN3O4/c1-34(33-56-44-19-25-50-43-16-9-11-35(2)45(43)44)29-38-30-37-17-18-41(55-28-8-7-26-52(3)27-20-36-12-5-4-6-13-36)32-42(37)47(38)21-23-48(24-22-47,46(53)54)51-40-15-10-14-39(49)31-40/h4-6,10,12-15,17-19,25,31-32,34-35,38,51H,7-9,11,16,20-24,26-30,33H2,1-3H3,(H,53,54)/t34-,35-,38+,47?,48?/m1/s1. The van der Waals surface area contributed by atoms with Crippen molar-refractivity contribution < 1.29 is 19.4 Å². The Kier molecular flexibility index (Phi) is 12.9. The molecule has 8 heteroatoms. The van der Waals surface area contributed by atoms with Gasteiger partial charge in [0.15, 0.2) is 0 Å². The fourth-order valence-electron chi connectivity index (χ4n) is 9.92. The number of aromatic nitrogens is 1. The molecule has 56 heavy (non-hydrogen) atoms. The molecule has 3 aliphatic carbocycles. The van der Waals surface area contributed by atoms with Crippen LogP contribution < -0.4 is 14.8 Å². The van der Waals surface area contributed by atoms with Crippen LogP contribution in [0.15, 0.2) is 85.1 Å². The Morgan fingerprint density at radius 3 is 2.61 bits per heavy atom. The van der Waals surface area contributed by atoms with Crippen LogP contribution in [0, 0.1) is 11.8 Å². The molecule has 2 N–H and O–H groups in total. The summed E-state index contributed by atoms with van der Waals surface area (Å²) in [5.74, 6) is 2.27. The number of rotatable bonds is 17. The average Bonchev–Trinajstić information content (AvgIpc) is 3.48. The molecule has 0 unspecified atom stereocenters. The second kappa shape index (κ2) is 18.0. The van der Waals surface area contributed by atoms with Crippen LogP contribution in [-0.2, 0) is 29.5 Å². The summed E-state index contributed by atoms with van der Waals surface area (Å²) in [5.41, 5.74) is 6.15. The van der Waals surface area contributed by atoms with Crippen LogP contribution in [-0.4, -0.2) is 59.8 Å². The molecule has 0 aliphatic heterocycles. The van der Waals surface area contributed by atoms with Crippen molar-refractivity contribution >= 4 is 23.3 Å². The molecule has 7 rings (SSSR count). The molecule has 1 heterocycles. The van der Waals surface area contributed by atoms with E-state index in [2.05, 4.69) is 84.6 Å². The van der Waals surface area contributed by atoms with Gasteiger partial charge in [0.25, 0.3) is 0 Å². The molecule has 0 amide bonds. The number of anilines is 1. The maximum absolute atomic E-state index is 13.0. The molecule has 1 aromatic heterocycles. The SMILES string of the molecule is C[C@@H](COc1ccnc2c1[C@H](C)CCC2)C[C@H]1Cc2ccc(OCCCCN(C)CCc3ccccc3)cc2C12CCC(Nc1cccc(Cl)c1)(C(=O)O)CC2. The topological polar surface area (TPSA) is 83.9 Å². The Morgan fingerprint density at radius 2 is 1.82 bits per heavy atom. The zero-order valence-electron chi connectivity index (χ0n) is 33.6. The lowest BCUT2D eigenvalue weighted by molar-refractivity contribution is -0.144. The number of ether oxygens (including phenoxy) is 2. The van der Waals surface area contributed by atoms with Gasteiger partial charge in [0, 0.05) is 34.7 Å². The Balaban J connectivity index is 1.03. The summed E-state index contributed by atoms with van der Waals surface area (Å²) < 4.78 is 13.1. The smallest absolute Gasteiger partial charge is 0.329 e. The first-order valence-electron chi connectivity index (χ1n) is 21.0. The minimum Gasteiger partial charge on any atom is -0.494 e. The number of carboxylic acid groups (broad SMARTS) is 1. The number of aryl methyl sites for hydroxylation is 1. The van der Waals surface area contributed by atoms with Crippen molar-refractivity contribution in [2.75, 3.05) is 38.7 Å². The van der Waals surface area contributed by atoms with E-state index in [4.69, 9.17) is 21.1 Å². The van der Waals surface area contributed by atoms with Crippen molar-refractivity contribution in [2.24, 2.45) is 11.8 Å². The molecule has 7 nitrogen and oxygen atoms in total. The first-order valence-corrected chi connectivity index (χ1v) is 21.4. The molecule has 0 bridgehead atoms. The number of benzene rings is 3. The summed E-state index contributed by atoms with van der Waals surface area (Å²) in [6.07, 6.45) is 13.0. The normalized spacial score (nSPS) is 23.4. The quantitative estimate of drug-likeness (QED) is 0.103. The Bertz CT molecular complexity index is 1930. The third-order valence-electron chi connectivity index (χ3n) is 13.1. The number of nitrogens with zero attached hydrogens (tertiary/aromatic N) is 2. The number of carbonyl (C=O) groups is 1. The average molecular weight is 778 g/mol. The van der Waals surface area contributed by atoms with Gasteiger partial charge in [-0.1, -0.05) is 67.9 Å². The highest BCUT2D eigenvalue weighted by Crippen LogP contribution is 2.57. The van der Waals surface area contributed by atoms with Crippen LogP contribution in [0.4, 0.5) is 5.69 Å². The number of fused-ring (bicyclic) bond motifs is 3. The van der Waals surface area contributed by atoms with Gasteiger partial charge >= 0.3 is 5.97 Å². The molecule has 1 spiro atoms. The number of unbranched alkanes of at least 4 members (excludes halogenated alkanes) is 1. The Hall–Kier alpha value is -4.07. The van der Waals surface area contributed by atoms with Crippen LogP contribution >= 0.6 is 11.6 Å². The number of likely N-dealkylation sites (N-methyl/N-ethyl adjacent to an activating group) is 1. The van der Waals surface area contributed by atoms with Gasteiger partial charge in [-0.2, -0.15) is 0 Å². The number of hydrogen-bond acceptors (Lipinski definition) is 6. The number of pyridine rings is 1. The minimum atomic E-state index is -1.06. The molecule has 0 saturated heterocycles. The lowest BCUT2D eigenvalue weighted by Crippen LogP contribution is -2.53. The summed E-state index contributed by atoms with van der Waals surface area (Å²) in [5, 5.41) is 14.7. The fraction of sp³-hybridized carbons (Fsp3) is 0.500. The van der Waals surface area contributed by atoms with E-state index < -0.39 is 11.5 Å². The molecule has 0 radical (unpaired) electrons. The number of hydrogen-bond donors (Lipinski definition) is 2. The van der Waals surface area contributed by atoms with Crippen LogP contribution in [0.25, 0.3) is 0 Å². The largest absolute Gasteiger partial charge is 0.494 e. The molecule has 1 saturated carbocycles. The van der Waals surface area contributed by atoms with E-state index in [1.807, 2.05) is 36.5 Å². The van der Waals surface area contributed by atoms with Gasteiger partial charge in [-0.05, 0) is 167 Å². The third-order valence-corrected chi connectivity index (χ3v) is 13.3. The van der Waals surface area contributed by atoms with Crippen LogP contribution in [0.1, 0.15) is 106 Å². The number of aliphatic carboxylic acids is 1. The third kappa shape index (κ3) is 9.21. The second-order valence-corrected chi connectivity index (χ2v) is 17.5. The lowest BCUT2D eigenvalue weighted by atomic mass is 9.59. The number of nitrogens with one attached hydrogen (secondary N) is 1. The molecular weight excluding hydrogens is 718 g/mol. The second-order valence-electron chi connectivity index (χ2n) is 17.1. The monoisotopic (exact) mass is 777 g/mol. The Morgan fingerprint density at radius 1 is 1.00 bits per heavy atom. The summed E-state index contributed by atoms with van der Waals surface area (Å²) in [6.45, 7) is 8.03. The highest BCUT2D eigenvalue weighted by Gasteiger charge is 2.54. The van der Waals surface area contributed by atoms with E-state index in [1.165, 1.54) is 40.8 Å². The molecular formula is C48H60ClN3O4. The predicted molar refractivity (Wildman–Crippen MR) is 226 cm³/mol. The van der Waals surface area contributed by atoms with E-state index in [0.29, 0.717) is 48.8 Å². The Labute approximate surface area is 339 Å². The number of halogens is 1. The van der Waals surface area contributed by atoms with Crippen molar-refractivity contribution in [3.05, 3.63) is 118 Å². The lowest BCUT2D eigenvalue weighted by Gasteiger charge is -2.47. The molecule has 4 aromatic rings. The van der Waals surface area contributed by atoms with Gasteiger partial charge in [0.05, 0.1) is 13.2 Å². The highest BCUT2D eigenvalue weighted by molar-refractivity contribution is 6.30.